The van der Waals surface area contributed by atoms with Gasteiger partial charge in [0.2, 0.25) is 0 Å². The van der Waals surface area contributed by atoms with Crippen LogP contribution in [0.4, 0.5) is 0 Å². The maximum absolute atomic E-state index is 12.4. The summed E-state index contributed by atoms with van der Waals surface area (Å²) in [5, 5.41) is 8.70. The number of aromatic nitrogens is 1. The second kappa shape index (κ2) is 5.81. The third kappa shape index (κ3) is 3.44. The molecular formula is C16H17NO5S. The van der Waals surface area contributed by atoms with Gasteiger partial charge in [-0.05, 0) is 31.4 Å². The lowest BCUT2D eigenvalue weighted by Crippen LogP contribution is -2.12. The van der Waals surface area contributed by atoms with Crippen molar-refractivity contribution in [2.75, 3.05) is 5.75 Å². The van der Waals surface area contributed by atoms with Gasteiger partial charge in [-0.25, -0.2) is 13.4 Å². The van der Waals surface area contributed by atoms with E-state index in [-0.39, 0.29) is 4.90 Å². The Morgan fingerprint density at radius 3 is 2.78 bits per heavy atom. The lowest BCUT2D eigenvalue weighted by atomic mass is 10.1. The Labute approximate surface area is 134 Å². The van der Waals surface area contributed by atoms with E-state index in [9.17, 15) is 13.2 Å². The second-order valence-corrected chi connectivity index (χ2v) is 7.86. The lowest BCUT2D eigenvalue weighted by Gasteiger charge is -2.08. The number of sulfone groups is 1. The van der Waals surface area contributed by atoms with E-state index >= 15 is 0 Å². The van der Waals surface area contributed by atoms with E-state index in [1.54, 1.807) is 25.3 Å². The Kier molecular flexibility index (Phi) is 3.97. The van der Waals surface area contributed by atoms with Crippen LogP contribution in [-0.2, 0) is 14.6 Å². The summed E-state index contributed by atoms with van der Waals surface area (Å²) in [6.45, 7) is 1.69. The average Bonchev–Trinajstić information content (AvgIpc) is 3.23. The first-order valence-corrected chi connectivity index (χ1v) is 9.03. The van der Waals surface area contributed by atoms with Gasteiger partial charge in [-0.3, -0.25) is 4.79 Å². The smallest absolute Gasteiger partial charge is 0.304 e. The number of benzene rings is 1. The summed E-state index contributed by atoms with van der Waals surface area (Å²) in [5.41, 5.74) is 1.21. The molecule has 0 unspecified atom stereocenters. The van der Waals surface area contributed by atoms with Crippen LogP contribution in [-0.4, -0.2) is 30.2 Å². The Morgan fingerprint density at radius 1 is 1.39 bits per heavy atom. The maximum Gasteiger partial charge on any atom is 0.304 e. The summed E-state index contributed by atoms with van der Waals surface area (Å²) < 4.78 is 30.4. The summed E-state index contributed by atoms with van der Waals surface area (Å²) in [5.74, 6) is 0.0493. The van der Waals surface area contributed by atoms with Gasteiger partial charge in [-0.15, -0.1) is 0 Å². The molecule has 23 heavy (non-hydrogen) atoms. The molecule has 1 N–H and O–H groups in total. The molecule has 1 heterocycles. The normalized spacial score (nSPS) is 14.8. The highest BCUT2D eigenvalue weighted by molar-refractivity contribution is 7.91. The maximum atomic E-state index is 12.4. The molecule has 122 valence electrons. The van der Waals surface area contributed by atoms with Gasteiger partial charge in [0.1, 0.15) is 0 Å². The summed E-state index contributed by atoms with van der Waals surface area (Å²) >= 11 is 0. The number of rotatable bonds is 6. The first-order valence-electron chi connectivity index (χ1n) is 7.38. The molecule has 1 fully saturated rings. The largest absolute Gasteiger partial charge is 0.481 e. The SMILES string of the molecule is Cc1ccc(-c2cnc(C3CC3)o2)cc1S(=O)(=O)CCC(=O)O. The number of oxazole rings is 1. The third-order valence-corrected chi connectivity index (χ3v) is 5.69. The molecule has 1 aliphatic rings. The highest BCUT2D eigenvalue weighted by Gasteiger charge is 2.29. The number of aryl methyl sites for hydroxylation is 1. The number of carboxylic acids is 1. The van der Waals surface area contributed by atoms with Crippen LogP contribution >= 0.6 is 0 Å². The van der Waals surface area contributed by atoms with Crippen LogP contribution in [0.1, 0.15) is 36.6 Å². The van der Waals surface area contributed by atoms with Crippen molar-refractivity contribution in [2.45, 2.75) is 37.0 Å². The molecule has 0 saturated heterocycles. The average molecular weight is 335 g/mol. The number of carbonyl (C=O) groups is 1. The third-order valence-electron chi connectivity index (χ3n) is 3.84. The van der Waals surface area contributed by atoms with Gasteiger partial charge in [-0.1, -0.05) is 12.1 Å². The molecule has 0 aliphatic heterocycles. The summed E-state index contributed by atoms with van der Waals surface area (Å²) in [6, 6.07) is 5.01. The Bertz CT molecular complexity index is 849. The minimum Gasteiger partial charge on any atom is -0.481 e. The van der Waals surface area contributed by atoms with Crippen molar-refractivity contribution >= 4 is 15.8 Å². The van der Waals surface area contributed by atoms with E-state index in [1.807, 2.05) is 0 Å². The molecule has 0 spiro atoms. The van der Waals surface area contributed by atoms with Gasteiger partial charge in [0.25, 0.3) is 0 Å². The quantitative estimate of drug-likeness (QED) is 0.871. The number of hydrogen-bond donors (Lipinski definition) is 1. The molecule has 3 rings (SSSR count). The van der Waals surface area contributed by atoms with E-state index in [0.29, 0.717) is 28.7 Å². The molecule has 0 atom stereocenters. The van der Waals surface area contributed by atoms with E-state index in [1.165, 1.54) is 6.07 Å². The van der Waals surface area contributed by atoms with E-state index < -0.39 is 28.0 Å². The summed E-state index contributed by atoms with van der Waals surface area (Å²) in [4.78, 5) is 15.0. The van der Waals surface area contributed by atoms with Crippen LogP contribution in [0.5, 0.6) is 0 Å². The van der Waals surface area contributed by atoms with Crippen LogP contribution in [0.25, 0.3) is 11.3 Å². The van der Waals surface area contributed by atoms with Gasteiger partial charge >= 0.3 is 5.97 Å². The van der Waals surface area contributed by atoms with Crippen molar-refractivity contribution in [1.29, 1.82) is 0 Å². The number of nitrogens with zero attached hydrogens (tertiary/aromatic N) is 1. The predicted molar refractivity (Wildman–Crippen MR) is 83.0 cm³/mol. The van der Waals surface area contributed by atoms with Crippen LogP contribution in [0.15, 0.2) is 33.7 Å². The fourth-order valence-corrected chi connectivity index (χ4v) is 3.89. The van der Waals surface area contributed by atoms with Gasteiger partial charge in [0.15, 0.2) is 21.5 Å². The molecule has 1 aliphatic carbocycles. The highest BCUT2D eigenvalue weighted by Crippen LogP contribution is 2.40. The van der Waals surface area contributed by atoms with Crippen LogP contribution in [0.3, 0.4) is 0 Å². The first kappa shape index (κ1) is 15.7. The van der Waals surface area contributed by atoms with Crippen molar-refractivity contribution < 1.29 is 22.7 Å². The van der Waals surface area contributed by atoms with Crippen molar-refractivity contribution in [3.05, 3.63) is 35.9 Å². The van der Waals surface area contributed by atoms with Crippen molar-refractivity contribution in [1.82, 2.24) is 4.98 Å². The van der Waals surface area contributed by atoms with E-state index in [4.69, 9.17) is 9.52 Å². The molecular weight excluding hydrogens is 318 g/mol. The number of carboxylic acid groups (broad SMARTS) is 1. The minimum absolute atomic E-state index is 0.139. The molecule has 1 saturated carbocycles. The Hall–Kier alpha value is -2.15. The van der Waals surface area contributed by atoms with Gasteiger partial charge in [0.05, 0.1) is 23.3 Å². The topological polar surface area (TPSA) is 97.5 Å². The zero-order valence-corrected chi connectivity index (χ0v) is 13.5. The summed E-state index contributed by atoms with van der Waals surface area (Å²) in [6.07, 6.45) is 3.33. The van der Waals surface area contributed by atoms with Crippen molar-refractivity contribution in [2.24, 2.45) is 0 Å². The molecule has 6 nitrogen and oxygen atoms in total. The molecule has 0 bridgehead atoms. The molecule has 0 radical (unpaired) electrons. The number of hydrogen-bond acceptors (Lipinski definition) is 5. The monoisotopic (exact) mass is 335 g/mol. The van der Waals surface area contributed by atoms with E-state index in [2.05, 4.69) is 4.98 Å². The first-order chi connectivity index (χ1) is 10.9. The summed E-state index contributed by atoms with van der Waals surface area (Å²) in [7, 11) is -3.66. The predicted octanol–water partition coefficient (Wildman–Crippen LogP) is 2.78. The molecule has 1 aromatic heterocycles. The van der Waals surface area contributed by atoms with Crippen molar-refractivity contribution in [3.8, 4) is 11.3 Å². The lowest BCUT2D eigenvalue weighted by molar-refractivity contribution is -0.136. The zero-order chi connectivity index (χ0) is 16.6. The van der Waals surface area contributed by atoms with Crippen LogP contribution < -0.4 is 0 Å². The second-order valence-electron chi connectivity index (χ2n) is 5.78. The molecule has 7 heteroatoms. The zero-order valence-electron chi connectivity index (χ0n) is 12.7. The van der Waals surface area contributed by atoms with Crippen LogP contribution in [0.2, 0.25) is 0 Å². The fourth-order valence-electron chi connectivity index (χ4n) is 2.36. The number of aliphatic carboxylic acids is 1. The van der Waals surface area contributed by atoms with Crippen LogP contribution in [0, 0.1) is 6.92 Å². The molecule has 2 aromatic rings. The Morgan fingerprint density at radius 2 is 2.13 bits per heavy atom. The van der Waals surface area contributed by atoms with E-state index in [0.717, 1.165) is 12.8 Å². The minimum atomic E-state index is -3.66. The molecule has 1 aromatic carbocycles. The Balaban J connectivity index is 1.93. The van der Waals surface area contributed by atoms with Gasteiger partial charge in [0, 0.05) is 11.5 Å². The van der Waals surface area contributed by atoms with Gasteiger partial charge in [-0.2, -0.15) is 0 Å². The standard InChI is InChI=1S/C16H17NO5S/c1-10-2-3-12(13-9-17-16(22-13)11-4-5-11)8-14(10)23(20,21)7-6-15(18)19/h2-3,8-9,11H,4-7H2,1H3,(H,18,19). The highest BCUT2D eigenvalue weighted by atomic mass is 32.2. The van der Waals surface area contributed by atoms with Gasteiger partial charge < -0.3 is 9.52 Å². The molecule has 0 amide bonds. The fraction of sp³-hybridized carbons (Fsp3) is 0.375. The van der Waals surface area contributed by atoms with Crippen molar-refractivity contribution in [3.63, 3.8) is 0 Å².